The number of hydrogen-bond donors (Lipinski definition) is 1. The van der Waals surface area contributed by atoms with Crippen molar-refractivity contribution in [3.05, 3.63) is 27.7 Å². The topological polar surface area (TPSA) is 20.2 Å². The summed E-state index contributed by atoms with van der Waals surface area (Å²) in [4.78, 5) is 0. The number of rotatable bonds is 0. The Morgan fingerprint density at radius 3 is 2.15 bits per heavy atom. The highest BCUT2D eigenvalue weighted by Crippen LogP contribution is 2.41. The minimum Gasteiger partial charge on any atom is -0.506 e. The van der Waals surface area contributed by atoms with E-state index in [9.17, 15) is 13.2 Å². The molecule has 0 spiro atoms. The molecule has 0 aliphatic rings. The summed E-state index contributed by atoms with van der Waals surface area (Å²) in [6, 6.07) is 1.65. The maximum Gasteiger partial charge on any atom is 0.420 e. The first-order valence-corrected chi connectivity index (χ1v) is 3.83. The first-order valence-electron chi connectivity index (χ1n) is 3.07. The molecule has 1 N–H and O–H groups in total. The molecule has 0 amide bonds. The van der Waals surface area contributed by atoms with Crippen LogP contribution in [0.1, 0.15) is 5.56 Å². The van der Waals surface area contributed by atoms with Gasteiger partial charge in [-0.05, 0) is 12.1 Å². The molecule has 1 aromatic rings. The molecule has 0 aromatic heterocycles. The molecule has 13 heavy (non-hydrogen) atoms. The van der Waals surface area contributed by atoms with Gasteiger partial charge in [0, 0.05) is 5.02 Å². The second-order valence-electron chi connectivity index (χ2n) is 2.28. The van der Waals surface area contributed by atoms with Gasteiger partial charge in [0.2, 0.25) is 0 Å². The summed E-state index contributed by atoms with van der Waals surface area (Å²) in [5.74, 6) is -1.00. The van der Waals surface area contributed by atoms with Crippen LogP contribution in [-0.2, 0) is 6.18 Å². The first-order chi connectivity index (χ1) is 5.82. The zero-order valence-electron chi connectivity index (χ0n) is 5.99. The standard InChI is InChI=1S/C7H3Cl2F3O/c8-3-1-4(7(10,11)12)6(13)5(9)2-3/h1-2,13H. The van der Waals surface area contributed by atoms with E-state index in [4.69, 9.17) is 28.3 Å². The molecule has 0 heterocycles. The maximum absolute atomic E-state index is 12.1. The lowest BCUT2D eigenvalue weighted by Crippen LogP contribution is -2.05. The zero-order valence-corrected chi connectivity index (χ0v) is 7.50. The lowest BCUT2D eigenvalue weighted by Gasteiger charge is -2.09. The highest BCUT2D eigenvalue weighted by atomic mass is 35.5. The third kappa shape index (κ3) is 2.19. The minimum absolute atomic E-state index is 0.171. The van der Waals surface area contributed by atoms with E-state index in [2.05, 4.69) is 0 Å². The van der Waals surface area contributed by atoms with Crippen LogP contribution in [0.5, 0.6) is 5.75 Å². The maximum atomic E-state index is 12.1. The molecular weight excluding hydrogens is 228 g/mol. The lowest BCUT2D eigenvalue weighted by molar-refractivity contribution is -0.138. The van der Waals surface area contributed by atoms with Crippen LogP contribution in [-0.4, -0.2) is 5.11 Å². The fourth-order valence-electron chi connectivity index (χ4n) is 0.782. The predicted octanol–water partition coefficient (Wildman–Crippen LogP) is 3.72. The van der Waals surface area contributed by atoms with E-state index >= 15 is 0 Å². The fraction of sp³-hybridized carbons (Fsp3) is 0.143. The van der Waals surface area contributed by atoms with Gasteiger partial charge in [0.15, 0.2) is 0 Å². The van der Waals surface area contributed by atoms with Crippen LogP contribution < -0.4 is 0 Å². The Morgan fingerprint density at radius 2 is 1.69 bits per heavy atom. The molecule has 0 saturated heterocycles. The molecule has 0 atom stereocenters. The predicted molar refractivity (Wildman–Crippen MR) is 43.1 cm³/mol. The van der Waals surface area contributed by atoms with E-state index in [1.165, 1.54) is 0 Å². The van der Waals surface area contributed by atoms with E-state index in [0.717, 1.165) is 6.07 Å². The molecule has 1 nitrogen and oxygen atoms in total. The monoisotopic (exact) mass is 230 g/mol. The van der Waals surface area contributed by atoms with E-state index in [1.807, 2.05) is 0 Å². The number of hydrogen-bond acceptors (Lipinski definition) is 1. The molecule has 0 bridgehead atoms. The van der Waals surface area contributed by atoms with Gasteiger partial charge >= 0.3 is 6.18 Å². The van der Waals surface area contributed by atoms with Crippen molar-refractivity contribution in [3.8, 4) is 5.75 Å². The quantitative estimate of drug-likeness (QED) is 0.721. The number of halogens is 5. The van der Waals surface area contributed by atoms with Crippen LogP contribution in [0.3, 0.4) is 0 Å². The summed E-state index contributed by atoms with van der Waals surface area (Å²) in [6.45, 7) is 0. The Bertz CT molecular complexity index is 335. The average molecular weight is 231 g/mol. The van der Waals surface area contributed by atoms with Crippen LogP contribution in [0, 0.1) is 0 Å². The molecule has 1 rings (SSSR count). The number of alkyl halides is 3. The molecule has 0 aliphatic heterocycles. The second kappa shape index (κ2) is 3.27. The molecule has 72 valence electrons. The van der Waals surface area contributed by atoms with Crippen molar-refractivity contribution in [1.82, 2.24) is 0 Å². The zero-order chi connectivity index (χ0) is 10.2. The van der Waals surface area contributed by atoms with Gasteiger partial charge in [-0.3, -0.25) is 0 Å². The summed E-state index contributed by atoms with van der Waals surface area (Å²) in [5.41, 5.74) is -1.23. The fourth-order valence-corrected chi connectivity index (χ4v) is 1.28. The smallest absolute Gasteiger partial charge is 0.420 e. The minimum atomic E-state index is -4.65. The summed E-state index contributed by atoms with van der Waals surface area (Å²) in [6.07, 6.45) is -4.65. The highest BCUT2D eigenvalue weighted by molar-refractivity contribution is 6.35. The van der Waals surface area contributed by atoms with Crippen molar-refractivity contribution in [2.75, 3.05) is 0 Å². The van der Waals surface area contributed by atoms with Gasteiger partial charge in [0.25, 0.3) is 0 Å². The summed E-state index contributed by atoms with van der Waals surface area (Å²) >= 11 is 10.6. The van der Waals surface area contributed by atoms with Gasteiger partial charge in [-0.15, -0.1) is 0 Å². The van der Waals surface area contributed by atoms with E-state index in [1.54, 1.807) is 0 Å². The Morgan fingerprint density at radius 1 is 1.15 bits per heavy atom. The number of benzene rings is 1. The lowest BCUT2D eigenvalue weighted by atomic mass is 10.2. The molecule has 0 aliphatic carbocycles. The first kappa shape index (κ1) is 10.5. The van der Waals surface area contributed by atoms with Gasteiger partial charge in [-0.2, -0.15) is 13.2 Å². The van der Waals surface area contributed by atoms with Gasteiger partial charge in [0.05, 0.1) is 5.02 Å². The Hall–Kier alpha value is -0.610. The molecule has 1 aromatic carbocycles. The van der Waals surface area contributed by atoms with E-state index in [-0.39, 0.29) is 5.02 Å². The van der Waals surface area contributed by atoms with Gasteiger partial charge in [-0.1, -0.05) is 23.2 Å². The number of phenolic OH excluding ortho intramolecular Hbond substituents is 1. The van der Waals surface area contributed by atoms with Gasteiger partial charge in [0.1, 0.15) is 11.3 Å². The molecular formula is C7H3Cl2F3O. The van der Waals surface area contributed by atoms with Gasteiger partial charge < -0.3 is 5.11 Å². The summed E-state index contributed by atoms with van der Waals surface area (Å²) in [7, 11) is 0. The number of phenols is 1. The van der Waals surface area contributed by atoms with E-state index in [0.29, 0.717) is 6.07 Å². The third-order valence-electron chi connectivity index (χ3n) is 1.33. The molecule has 0 unspecified atom stereocenters. The summed E-state index contributed by atoms with van der Waals surface area (Å²) < 4.78 is 36.4. The Balaban J connectivity index is 3.37. The third-order valence-corrected chi connectivity index (χ3v) is 1.84. The Kier molecular flexibility index (Phi) is 2.63. The largest absolute Gasteiger partial charge is 0.506 e. The van der Waals surface area contributed by atoms with Crippen molar-refractivity contribution < 1.29 is 18.3 Å². The molecule has 0 radical (unpaired) electrons. The normalized spacial score (nSPS) is 11.8. The van der Waals surface area contributed by atoms with Gasteiger partial charge in [-0.25, -0.2) is 0 Å². The number of aromatic hydroxyl groups is 1. The second-order valence-corrected chi connectivity index (χ2v) is 3.13. The van der Waals surface area contributed by atoms with Crippen molar-refractivity contribution in [2.45, 2.75) is 6.18 Å². The van der Waals surface area contributed by atoms with Crippen molar-refractivity contribution >= 4 is 23.2 Å². The van der Waals surface area contributed by atoms with Crippen molar-refractivity contribution in [1.29, 1.82) is 0 Å². The average Bonchev–Trinajstić information content (AvgIpc) is 1.94. The van der Waals surface area contributed by atoms with Crippen LogP contribution in [0.15, 0.2) is 12.1 Å². The van der Waals surface area contributed by atoms with Crippen LogP contribution in [0.2, 0.25) is 10.0 Å². The van der Waals surface area contributed by atoms with Crippen LogP contribution >= 0.6 is 23.2 Å². The highest BCUT2D eigenvalue weighted by Gasteiger charge is 2.35. The Labute approximate surface area is 81.7 Å². The SMILES string of the molecule is Oc1c(Cl)cc(Cl)cc1C(F)(F)F. The molecule has 0 saturated carbocycles. The van der Waals surface area contributed by atoms with Crippen molar-refractivity contribution in [3.63, 3.8) is 0 Å². The summed E-state index contributed by atoms with van der Waals surface area (Å²) in [5, 5.41) is 8.36. The van der Waals surface area contributed by atoms with Crippen molar-refractivity contribution in [2.24, 2.45) is 0 Å². The molecule has 6 heteroatoms. The van der Waals surface area contributed by atoms with E-state index < -0.39 is 22.5 Å². The molecule has 0 fully saturated rings. The van der Waals surface area contributed by atoms with Crippen LogP contribution in [0.4, 0.5) is 13.2 Å². The van der Waals surface area contributed by atoms with Crippen LogP contribution in [0.25, 0.3) is 0 Å².